The lowest BCUT2D eigenvalue weighted by atomic mass is 10.1. The Morgan fingerprint density at radius 2 is 1.86 bits per heavy atom. The van der Waals surface area contributed by atoms with E-state index < -0.39 is 11.7 Å². The summed E-state index contributed by atoms with van der Waals surface area (Å²) in [5.41, 5.74) is 5.56. The molecule has 0 aliphatic heterocycles. The van der Waals surface area contributed by atoms with E-state index in [1.54, 1.807) is 6.07 Å². The first-order valence-electron chi connectivity index (χ1n) is 6.79. The van der Waals surface area contributed by atoms with Crippen molar-refractivity contribution < 1.29 is 9.18 Å². The second-order valence-corrected chi connectivity index (χ2v) is 4.70. The number of hydrogen-bond donors (Lipinski definition) is 1. The van der Waals surface area contributed by atoms with Crippen LogP contribution in [0.15, 0.2) is 53.6 Å². The van der Waals surface area contributed by atoms with Crippen LogP contribution in [0, 0.1) is 5.82 Å². The molecule has 3 nitrogen and oxygen atoms in total. The number of nitrogens with zero attached hydrogens (tertiary/aromatic N) is 1. The Balaban J connectivity index is 2.07. The van der Waals surface area contributed by atoms with E-state index in [-0.39, 0.29) is 5.56 Å². The van der Waals surface area contributed by atoms with E-state index in [2.05, 4.69) is 17.5 Å². The van der Waals surface area contributed by atoms with Gasteiger partial charge in [0.05, 0.1) is 5.71 Å². The van der Waals surface area contributed by atoms with Gasteiger partial charge in [-0.3, -0.25) is 4.79 Å². The number of carbonyl (C=O) groups is 1. The molecule has 0 aliphatic rings. The van der Waals surface area contributed by atoms with Gasteiger partial charge in [-0.25, -0.2) is 9.82 Å². The fourth-order valence-electron chi connectivity index (χ4n) is 1.88. The number of amides is 1. The molecule has 0 saturated carbocycles. The summed E-state index contributed by atoms with van der Waals surface area (Å²) in [7, 11) is 0. The molecule has 1 N–H and O–H groups in total. The van der Waals surface area contributed by atoms with Crippen LogP contribution < -0.4 is 5.43 Å². The van der Waals surface area contributed by atoms with Crippen molar-refractivity contribution in [1.29, 1.82) is 0 Å². The van der Waals surface area contributed by atoms with Crippen molar-refractivity contribution in [3.8, 4) is 0 Å². The minimum Gasteiger partial charge on any atom is -0.267 e. The van der Waals surface area contributed by atoms with Crippen LogP contribution in [0.4, 0.5) is 4.39 Å². The van der Waals surface area contributed by atoms with Crippen LogP contribution in [0.3, 0.4) is 0 Å². The average Bonchev–Trinajstić information content (AvgIpc) is 2.52. The molecule has 0 unspecified atom stereocenters. The SMILES string of the molecule is CCc1ccc(/C(C)=N\NC(=O)c2cccc(F)c2)cc1. The van der Waals surface area contributed by atoms with Gasteiger partial charge in [0.1, 0.15) is 5.82 Å². The quantitative estimate of drug-likeness (QED) is 0.677. The molecule has 0 saturated heterocycles. The predicted octanol–water partition coefficient (Wildman–Crippen LogP) is 3.54. The first-order chi connectivity index (χ1) is 10.1. The lowest BCUT2D eigenvalue weighted by molar-refractivity contribution is 0.0954. The number of aryl methyl sites for hydroxylation is 1. The molecule has 2 aromatic carbocycles. The molecule has 2 aromatic rings. The Hall–Kier alpha value is -2.49. The Morgan fingerprint density at radius 3 is 2.48 bits per heavy atom. The molecule has 0 radical (unpaired) electrons. The van der Waals surface area contributed by atoms with Gasteiger partial charge in [0.15, 0.2) is 0 Å². The molecular weight excluding hydrogens is 267 g/mol. The van der Waals surface area contributed by atoms with E-state index in [0.717, 1.165) is 12.0 Å². The molecular formula is C17H17FN2O. The third kappa shape index (κ3) is 3.99. The third-order valence-corrected chi connectivity index (χ3v) is 3.19. The van der Waals surface area contributed by atoms with Gasteiger partial charge in [-0.15, -0.1) is 0 Å². The molecule has 0 aliphatic carbocycles. The van der Waals surface area contributed by atoms with E-state index in [4.69, 9.17) is 0 Å². The molecule has 0 heterocycles. The summed E-state index contributed by atoms with van der Waals surface area (Å²) in [6.45, 7) is 3.90. The minimum atomic E-state index is -0.446. The van der Waals surface area contributed by atoms with Crippen molar-refractivity contribution in [2.24, 2.45) is 5.10 Å². The van der Waals surface area contributed by atoms with E-state index in [1.807, 2.05) is 31.2 Å². The van der Waals surface area contributed by atoms with Crippen LogP contribution in [0.1, 0.15) is 35.3 Å². The summed E-state index contributed by atoms with van der Waals surface area (Å²) in [6.07, 6.45) is 0.979. The van der Waals surface area contributed by atoms with Crippen molar-refractivity contribution in [3.63, 3.8) is 0 Å². The largest absolute Gasteiger partial charge is 0.271 e. The predicted molar refractivity (Wildman–Crippen MR) is 81.9 cm³/mol. The number of rotatable bonds is 4. The summed E-state index contributed by atoms with van der Waals surface area (Å²) in [6, 6.07) is 13.5. The van der Waals surface area contributed by atoms with Crippen molar-refractivity contribution in [1.82, 2.24) is 5.43 Å². The van der Waals surface area contributed by atoms with Crippen molar-refractivity contribution in [3.05, 3.63) is 71.0 Å². The lowest BCUT2D eigenvalue weighted by Crippen LogP contribution is -2.19. The van der Waals surface area contributed by atoms with Gasteiger partial charge in [-0.1, -0.05) is 37.3 Å². The second-order valence-electron chi connectivity index (χ2n) is 4.70. The summed E-state index contributed by atoms with van der Waals surface area (Å²) >= 11 is 0. The summed E-state index contributed by atoms with van der Waals surface area (Å²) in [4.78, 5) is 11.8. The van der Waals surface area contributed by atoms with Gasteiger partial charge in [0, 0.05) is 5.56 Å². The van der Waals surface area contributed by atoms with E-state index in [0.29, 0.717) is 5.71 Å². The van der Waals surface area contributed by atoms with Gasteiger partial charge in [0.2, 0.25) is 0 Å². The van der Waals surface area contributed by atoms with Crippen molar-refractivity contribution in [2.45, 2.75) is 20.3 Å². The van der Waals surface area contributed by atoms with Gasteiger partial charge in [-0.05, 0) is 42.7 Å². The zero-order chi connectivity index (χ0) is 15.2. The molecule has 2 rings (SSSR count). The fourth-order valence-corrected chi connectivity index (χ4v) is 1.88. The molecule has 0 spiro atoms. The molecule has 0 bridgehead atoms. The van der Waals surface area contributed by atoms with Crippen LogP contribution in [-0.4, -0.2) is 11.6 Å². The fraction of sp³-hybridized carbons (Fsp3) is 0.176. The van der Waals surface area contributed by atoms with Crippen molar-refractivity contribution in [2.75, 3.05) is 0 Å². The van der Waals surface area contributed by atoms with Crippen LogP contribution in [0.25, 0.3) is 0 Å². The highest BCUT2D eigenvalue weighted by molar-refractivity contribution is 6.00. The van der Waals surface area contributed by atoms with Crippen molar-refractivity contribution >= 4 is 11.6 Å². The Labute approximate surface area is 123 Å². The van der Waals surface area contributed by atoms with E-state index in [1.165, 1.54) is 23.8 Å². The van der Waals surface area contributed by atoms with Gasteiger partial charge < -0.3 is 0 Å². The maximum Gasteiger partial charge on any atom is 0.271 e. The van der Waals surface area contributed by atoms with Crippen LogP contribution >= 0.6 is 0 Å². The highest BCUT2D eigenvalue weighted by Crippen LogP contribution is 2.07. The number of hydrogen-bond acceptors (Lipinski definition) is 2. The number of halogens is 1. The number of benzene rings is 2. The van der Waals surface area contributed by atoms with Crippen LogP contribution in [0.2, 0.25) is 0 Å². The molecule has 108 valence electrons. The number of carbonyl (C=O) groups excluding carboxylic acids is 1. The molecule has 1 amide bonds. The van der Waals surface area contributed by atoms with Gasteiger partial charge >= 0.3 is 0 Å². The Kier molecular flexibility index (Phi) is 4.82. The smallest absolute Gasteiger partial charge is 0.267 e. The zero-order valence-electron chi connectivity index (χ0n) is 12.1. The molecule has 4 heteroatoms. The van der Waals surface area contributed by atoms with Gasteiger partial charge in [0.25, 0.3) is 5.91 Å². The average molecular weight is 284 g/mol. The maximum atomic E-state index is 13.0. The minimum absolute atomic E-state index is 0.243. The first-order valence-corrected chi connectivity index (χ1v) is 6.79. The van der Waals surface area contributed by atoms with Crippen LogP contribution in [-0.2, 0) is 6.42 Å². The molecule has 21 heavy (non-hydrogen) atoms. The standard InChI is InChI=1S/C17H17FN2O/c1-3-13-7-9-14(10-8-13)12(2)19-20-17(21)15-5-4-6-16(18)11-15/h4-11H,3H2,1-2H3,(H,20,21)/b19-12-. The summed E-state index contributed by atoms with van der Waals surface area (Å²) < 4.78 is 13.0. The lowest BCUT2D eigenvalue weighted by Gasteiger charge is -2.04. The number of hydrazone groups is 1. The Morgan fingerprint density at radius 1 is 1.14 bits per heavy atom. The number of nitrogens with one attached hydrogen (secondary N) is 1. The summed E-state index contributed by atoms with van der Waals surface area (Å²) in [5.74, 6) is -0.877. The topological polar surface area (TPSA) is 41.5 Å². The third-order valence-electron chi connectivity index (χ3n) is 3.19. The summed E-state index contributed by atoms with van der Waals surface area (Å²) in [5, 5.41) is 4.05. The second kappa shape index (κ2) is 6.79. The maximum absolute atomic E-state index is 13.0. The first kappa shape index (κ1) is 14.9. The normalized spacial score (nSPS) is 11.3. The van der Waals surface area contributed by atoms with E-state index >= 15 is 0 Å². The van der Waals surface area contributed by atoms with Crippen LogP contribution in [0.5, 0.6) is 0 Å². The molecule has 0 aromatic heterocycles. The van der Waals surface area contributed by atoms with Gasteiger partial charge in [-0.2, -0.15) is 5.10 Å². The molecule has 0 fully saturated rings. The Bertz CT molecular complexity index is 663. The zero-order valence-corrected chi connectivity index (χ0v) is 12.1. The highest BCUT2D eigenvalue weighted by Gasteiger charge is 2.05. The molecule has 0 atom stereocenters. The monoisotopic (exact) mass is 284 g/mol. The van der Waals surface area contributed by atoms with E-state index in [9.17, 15) is 9.18 Å². The highest BCUT2D eigenvalue weighted by atomic mass is 19.1.